The van der Waals surface area contributed by atoms with Crippen LogP contribution in [0.4, 0.5) is 0 Å². The average Bonchev–Trinajstić information content (AvgIpc) is 2.18. The Morgan fingerprint density at radius 2 is 2.00 bits per heavy atom. The molecule has 0 heterocycles. The summed E-state index contributed by atoms with van der Waals surface area (Å²) in [5, 5.41) is 9.35. The summed E-state index contributed by atoms with van der Waals surface area (Å²) >= 11 is 0. The first kappa shape index (κ1) is 11.5. The van der Waals surface area contributed by atoms with Crippen LogP contribution in [0.3, 0.4) is 0 Å². The van der Waals surface area contributed by atoms with Crippen molar-refractivity contribution in [3.05, 3.63) is 0 Å². The monoisotopic (exact) mass is 200 g/mol. The molecule has 0 radical (unpaired) electrons. The highest BCUT2D eigenvalue weighted by molar-refractivity contribution is 5.69. The molecule has 1 rings (SSSR count). The molecular weight excluding hydrogens is 180 g/mol. The Morgan fingerprint density at radius 1 is 1.43 bits per heavy atom. The second kappa shape index (κ2) is 5.35. The molecule has 1 aliphatic carbocycles. The lowest BCUT2D eigenvalue weighted by Gasteiger charge is -2.29. The van der Waals surface area contributed by atoms with Crippen LogP contribution in [0.5, 0.6) is 0 Å². The van der Waals surface area contributed by atoms with E-state index in [1.165, 1.54) is 7.11 Å². The molecule has 82 valence electrons. The molecule has 1 N–H and O–H groups in total. The van der Waals surface area contributed by atoms with Crippen LogP contribution in [-0.2, 0) is 9.53 Å². The quantitative estimate of drug-likeness (QED) is 0.706. The van der Waals surface area contributed by atoms with Crippen LogP contribution in [0.1, 0.15) is 39.0 Å². The fourth-order valence-electron chi connectivity index (χ4n) is 2.18. The van der Waals surface area contributed by atoms with E-state index in [0.29, 0.717) is 18.3 Å². The zero-order valence-corrected chi connectivity index (χ0v) is 9.03. The number of carbonyl (C=O) groups excluding carboxylic acids is 1. The van der Waals surface area contributed by atoms with E-state index in [0.717, 1.165) is 25.7 Å². The van der Waals surface area contributed by atoms with E-state index in [2.05, 4.69) is 11.7 Å². The molecule has 14 heavy (non-hydrogen) atoms. The third kappa shape index (κ3) is 3.29. The van der Waals surface area contributed by atoms with Crippen LogP contribution < -0.4 is 0 Å². The van der Waals surface area contributed by atoms with Crippen LogP contribution >= 0.6 is 0 Å². The van der Waals surface area contributed by atoms with Gasteiger partial charge in [0.2, 0.25) is 0 Å². The Kier molecular flexibility index (Phi) is 4.39. The SMILES string of the molecule is COC(=O)CC(C)C1CCC(O)CC1. The average molecular weight is 200 g/mol. The van der Waals surface area contributed by atoms with Crippen molar-refractivity contribution >= 4 is 5.97 Å². The van der Waals surface area contributed by atoms with Crippen molar-refractivity contribution in [2.75, 3.05) is 7.11 Å². The molecule has 0 aromatic carbocycles. The van der Waals surface area contributed by atoms with Crippen molar-refractivity contribution in [2.45, 2.75) is 45.1 Å². The fraction of sp³-hybridized carbons (Fsp3) is 0.909. The molecule has 1 saturated carbocycles. The van der Waals surface area contributed by atoms with Crippen molar-refractivity contribution in [1.29, 1.82) is 0 Å². The minimum absolute atomic E-state index is 0.114. The van der Waals surface area contributed by atoms with Crippen molar-refractivity contribution in [2.24, 2.45) is 11.8 Å². The van der Waals surface area contributed by atoms with E-state index in [9.17, 15) is 9.90 Å². The van der Waals surface area contributed by atoms with Gasteiger partial charge in [0.15, 0.2) is 0 Å². The van der Waals surface area contributed by atoms with E-state index in [1.807, 2.05) is 0 Å². The number of aliphatic hydroxyl groups is 1. The Hall–Kier alpha value is -0.570. The highest BCUT2D eigenvalue weighted by atomic mass is 16.5. The van der Waals surface area contributed by atoms with E-state index < -0.39 is 0 Å². The van der Waals surface area contributed by atoms with Gasteiger partial charge in [-0.1, -0.05) is 6.92 Å². The second-order valence-corrected chi connectivity index (χ2v) is 4.33. The lowest BCUT2D eigenvalue weighted by Crippen LogP contribution is -2.24. The van der Waals surface area contributed by atoms with Crippen molar-refractivity contribution in [3.8, 4) is 0 Å². The third-order valence-electron chi connectivity index (χ3n) is 3.26. The molecule has 0 saturated heterocycles. The number of hydrogen-bond donors (Lipinski definition) is 1. The van der Waals surface area contributed by atoms with Crippen LogP contribution in [-0.4, -0.2) is 24.3 Å². The zero-order chi connectivity index (χ0) is 10.6. The summed E-state index contributed by atoms with van der Waals surface area (Å²) in [6.45, 7) is 2.10. The first-order chi connectivity index (χ1) is 6.63. The maximum atomic E-state index is 11.1. The lowest BCUT2D eigenvalue weighted by molar-refractivity contribution is -0.142. The summed E-state index contributed by atoms with van der Waals surface area (Å²) in [6, 6.07) is 0. The van der Waals surface area contributed by atoms with E-state index in [1.54, 1.807) is 0 Å². The van der Waals surface area contributed by atoms with E-state index in [4.69, 9.17) is 0 Å². The van der Waals surface area contributed by atoms with Gasteiger partial charge >= 0.3 is 5.97 Å². The first-order valence-corrected chi connectivity index (χ1v) is 5.38. The van der Waals surface area contributed by atoms with Crippen LogP contribution in [0, 0.1) is 11.8 Å². The summed E-state index contributed by atoms with van der Waals surface area (Å²) < 4.78 is 4.64. The van der Waals surface area contributed by atoms with Gasteiger partial charge in [-0.2, -0.15) is 0 Å². The van der Waals surface area contributed by atoms with Gasteiger partial charge in [0.05, 0.1) is 13.2 Å². The maximum absolute atomic E-state index is 11.1. The molecule has 1 aliphatic rings. The minimum Gasteiger partial charge on any atom is -0.469 e. The number of methoxy groups -OCH3 is 1. The largest absolute Gasteiger partial charge is 0.469 e. The number of rotatable bonds is 3. The van der Waals surface area contributed by atoms with Gasteiger partial charge in [0.25, 0.3) is 0 Å². The fourth-order valence-corrected chi connectivity index (χ4v) is 2.18. The molecule has 0 amide bonds. The van der Waals surface area contributed by atoms with Crippen molar-refractivity contribution < 1.29 is 14.6 Å². The molecule has 0 aromatic heterocycles. The molecule has 0 aliphatic heterocycles. The summed E-state index contributed by atoms with van der Waals surface area (Å²) in [4.78, 5) is 11.1. The van der Waals surface area contributed by atoms with E-state index >= 15 is 0 Å². The van der Waals surface area contributed by atoms with Crippen LogP contribution in [0.15, 0.2) is 0 Å². The summed E-state index contributed by atoms with van der Waals surface area (Å²) in [7, 11) is 1.43. The summed E-state index contributed by atoms with van der Waals surface area (Å²) in [5.74, 6) is 0.844. The van der Waals surface area contributed by atoms with Gasteiger partial charge in [-0.05, 0) is 37.5 Å². The van der Waals surface area contributed by atoms with Crippen molar-refractivity contribution in [1.82, 2.24) is 0 Å². The molecule has 3 nitrogen and oxygen atoms in total. The molecule has 1 unspecified atom stereocenters. The number of hydrogen-bond acceptors (Lipinski definition) is 3. The van der Waals surface area contributed by atoms with Gasteiger partial charge < -0.3 is 9.84 Å². The molecule has 0 spiro atoms. The van der Waals surface area contributed by atoms with Gasteiger partial charge in [0, 0.05) is 6.42 Å². The topological polar surface area (TPSA) is 46.5 Å². The second-order valence-electron chi connectivity index (χ2n) is 4.33. The van der Waals surface area contributed by atoms with Crippen LogP contribution in [0.25, 0.3) is 0 Å². The minimum atomic E-state index is -0.122. The molecule has 3 heteroatoms. The Balaban J connectivity index is 2.30. The lowest BCUT2D eigenvalue weighted by atomic mass is 9.78. The highest BCUT2D eigenvalue weighted by Gasteiger charge is 2.25. The van der Waals surface area contributed by atoms with Gasteiger partial charge in [-0.25, -0.2) is 0 Å². The smallest absolute Gasteiger partial charge is 0.305 e. The molecule has 1 fully saturated rings. The number of ether oxygens (including phenoxy) is 1. The van der Waals surface area contributed by atoms with Crippen molar-refractivity contribution in [3.63, 3.8) is 0 Å². The maximum Gasteiger partial charge on any atom is 0.305 e. The number of esters is 1. The number of aliphatic hydroxyl groups excluding tert-OH is 1. The third-order valence-corrected chi connectivity index (χ3v) is 3.26. The zero-order valence-electron chi connectivity index (χ0n) is 9.03. The Bertz CT molecular complexity index is 183. The van der Waals surface area contributed by atoms with Gasteiger partial charge in [0.1, 0.15) is 0 Å². The highest BCUT2D eigenvalue weighted by Crippen LogP contribution is 2.31. The van der Waals surface area contributed by atoms with Gasteiger partial charge in [-0.15, -0.1) is 0 Å². The van der Waals surface area contributed by atoms with Crippen LogP contribution in [0.2, 0.25) is 0 Å². The first-order valence-electron chi connectivity index (χ1n) is 5.38. The number of carbonyl (C=O) groups is 1. The predicted molar refractivity (Wildman–Crippen MR) is 53.8 cm³/mol. The molecular formula is C11H20O3. The molecule has 1 atom stereocenters. The predicted octanol–water partition coefficient (Wildman–Crippen LogP) is 1.74. The standard InChI is InChI=1S/C11H20O3/c1-8(7-11(13)14-2)9-3-5-10(12)6-4-9/h8-10,12H,3-7H2,1-2H3. The van der Waals surface area contributed by atoms with Gasteiger partial charge in [-0.3, -0.25) is 4.79 Å². The van der Waals surface area contributed by atoms with E-state index in [-0.39, 0.29) is 12.1 Å². The summed E-state index contributed by atoms with van der Waals surface area (Å²) in [5.41, 5.74) is 0. The Labute approximate surface area is 85.5 Å². The molecule has 0 aromatic rings. The normalized spacial score (nSPS) is 29.6. The molecule has 0 bridgehead atoms. The Morgan fingerprint density at radius 3 is 2.50 bits per heavy atom. The summed E-state index contributed by atoms with van der Waals surface area (Å²) in [6.07, 6.45) is 4.25.